The van der Waals surface area contributed by atoms with Crippen molar-refractivity contribution < 1.29 is 14.2 Å². The first kappa shape index (κ1) is 18.6. The molecule has 7 nitrogen and oxygen atoms in total. The summed E-state index contributed by atoms with van der Waals surface area (Å²) in [6.45, 7) is 0. The van der Waals surface area contributed by atoms with Crippen LogP contribution in [0.4, 0.5) is 11.5 Å². The molecule has 1 aliphatic heterocycles. The predicted molar refractivity (Wildman–Crippen MR) is 113 cm³/mol. The first-order chi connectivity index (χ1) is 13.6. The number of methoxy groups -OCH3 is 3. The molecule has 9 heteroatoms. The summed E-state index contributed by atoms with van der Waals surface area (Å²) < 4.78 is 17.7. The maximum atomic E-state index is 6.19. The van der Waals surface area contributed by atoms with E-state index in [4.69, 9.17) is 25.8 Å². The molecule has 2 N–H and O–H groups in total. The topological polar surface area (TPSA) is 69.6 Å². The predicted octanol–water partition coefficient (Wildman–Crippen LogP) is 4.55. The van der Waals surface area contributed by atoms with E-state index in [0.717, 1.165) is 22.8 Å². The molecule has 2 aromatic carbocycles. The highest BCUT2D eigenvalue weighted by atomic mass is 35.5. The van der Waals surface area contributed by atoms with Gasteiger partial charge in [-0.2, -0.15) is 9.19 Å². The average Bonchev–Trinajstić information content (AvgIpc) is 3.26. The van der Waals surface area contributed by atoms with Crippen LogP contribution in [0.15, 0.2) is 42.5 Å². The molecule has 0 saturated heterocycles. The zero-order valence-corrected chi connectivity index (χ0v) is 17.1. The molecule has 0 aliphatic carbocycles. The normalized spacial score (nSPS) is 14.9. The van der Waals surface area contributed by atoms with Crippen LogP contribution < -0.4 is 24.8 Å². The van der Waals surface area contributed by atoms with Crippen molar-refractivity contribution in [2.45, 2.75) is 5.50 Å². The highest BCUT2D eigenvalue weighted by molar-refractivity contribution is 7.98. The van der Waals surface area contributed by atoms with Gasteiger partial charge in [0.1, 0.15) is 11.6 Å². The third kappa shape index (κ3) is 3.53. The molecule has 28 heavy (non-hydrogen) atoms. The van der Waals surface area contributed by atoms with Crippen molar-refractivity contribution in [3.05, 3.63) is 47.5 Å². The van der Waals surface area contributed by atoms with Crippen LogP contribution in [-0.4, -0.2) is 36.0 Å². The van der Waals surface area contributed by atoms with Gasteiger partial charge in [-0.05, 0) is 36.4 Å². The molecular formula is C19H19ClN4O3S. The van der Waals surface area contributed by atoms with Gasteiger partial charge in [0.05, 0.1) is 32.0 Å². The summed E-state index contributed by atoms with van der Waals surface area (Å²) in [5, 5.41) is 12.0. The number of anilines is 2. The van der Waals surface area contributed by atoms with Crippen molar-refractivity contribution in [1.29, 1.82) is 0 Å². The number of nitrogens with one attached hydrogen (secondary N) is 2. The van der Waals surface area contributed by atoms with Gasteiger partial charge in [0.25, 0.3) is 0 Å². The summed E-state index contributed by atoms with van der Waals surface area (Å²) in [7, 11) is 4.83. The number of fused-ring (bicyclic) bond motifs is 1. The molecule has 1 atom stereocenters. The van der Waals surface area contributed by atoms with E-state index in [-0.39, 0.29) is 5.50 Å². The van der Waals surface area contributed by atoms with Gasteiger partial charge >= 0.3 is 0 Å². The minimum Gasteiger partial charge on any atom is -0.495 e. The summed E-state index contributed by atoms with van der Waals surface area (Å²) >= 11 is 7.72. The van der Waals surface area contributed by atoms with Gasteiger partial charge in [-0.3, -0.25) is 0 Å². The van der Waals surface area contributed by atoms with Gasteiger partial charge in [0.2, 0.25) is 0 Å². The van der Waals surface area contributed by atoms with Crippen LogP contribution in [0.5, 0.6) is 17.2 Å². The zero-order chi connectivity index (χ0) is 19.7. The van der Waals surface area contributed by atoms with E-state index in [1.54, 1.807) is 21.3 Å². The number of halogens is 1. The maximum Gasteiger partial charge on any atom is 0.168 e. The van der Waals surface area contributed by atoms with Crippen LogP contribution in [0.2, 0.25) is 5.02 Å². The quantitative estimate of drug-likeness (QED) is 0.608. The Morgan fingerprint density at radius 2 is 1.75 bits per heavy atom. The number of ether oxygens (including phenoxy) is 3. The third-order valence-electron chi connectivity index (χ3n) is 4.29. The van der Waals surface area contributed by atoms with Gasteiger partial charge in [0, 0.05) is 29.3 Å². The molecule has 0 amide bonds. The van der Waals surface area contributed by atoms with Crippen molar-refractivity contribution in [1.82, 2.24) is 9.19 Å². The van der Waals surface area contributed by atoms with Gasteiger partial charge < -0.3 is 24.8 Å². The molecular weight excluding hydrogens is 400 g/mol. The molecule has 0 spiro atoms. The Hall–Kier alpha value is -2.71. The number of aromatic nitrogens is 2. The van der Waals surface area contributed by atoms with E-state index >= 15 is 0 Å². The second-order valence-electron chi connectivity index (χ2n) is 5.98. The van der Waals surface area contributed by atoms with Crippen molar-refractivity contribution in [2.24, 2.45) is 0 Å². The second kappa shape index (κ2) is 7.73. The highest BCUT2D eigenvalue weighted by Gasteiger charge is 2.24. The number of hydrogen-bond acceptors (Lipinski definition) is 7. The number of hydrogen-bond donors (Lipinski definition) is 2. The van der Waals surface area contributed by atoms with Gasteiger partial charge in [-0.1, -0.05) is 11.6 Å². The summed E-state index contributed by atoms with van der Waals surface area (Å²) in [5.41, 5.74) is 2.63. The first-order valence-corrected chi connectivity index (χ1v) is 9.69. The lowest BCUT2D eigenvalue weighted by Crippen LogP contribution is -2.21. The monoisotopic (exact) mass is 418 g/mol. The van der Waals surface area contributed by atoms with E-state index in [1.165, 1.54) is 11.9 Å². The van der Waals surface area contributed by atoms with Crippen LogP contribution in [0.1, 0.15) is 0 Å². The zero-order valence-electron chi connectivity index (χ0n) is 15.5. The van der Waals surface area contributed by atoms with Crippen molar-refractivity contribution >= 4 is 35.1 Å². The van der Waals surface area contributed by atoms with Crippen LogP contribution in [-0.2, 0) is 0 Å². The highest BCUT2D eigenvalue weighted by Crippen LogP contribution is 2.37. The summed E-state index contributed by atoms with van der Waals surface area (Å²) in [6.07, 6.45) is 0. The van der Waals surface area contributed by atoms with Crippen molar-refractivity contribution in [2.75, 3.05) is 32.0 Å². The standard InChI is InChI=1S/C19H19ClN4O3S/c1-25-15-7-5-12(9-13(15)20)21-19-22-18-10-14(23-24(18)28-19)11-4-6-16(26-2)17(8-11)27-3/h4-10,19,21-22H,1-3H3/t19-/m0/s1. The van der Waals surface area contributed by atoms with E-state index in [9.17, 15) is 0 Å². The largest absolute Gasteiger partial charge is 0.495 e. The Bertz CT molecular complexity index is 987. The molecule has 3 aromatic rings. The van der Waals surface area contributed by atoms with Crippen molar-refractivity contribution in [3.63, 3.8) is 0 Å². The Morgan fingerprint density at radius 1 is 1.00 bits per heavy atom. The van der Waals surface area contributed by atoms with Gasteiger partial charge in [-0.25, -0.2) is 0 Å². The molecule has 0 unspecified atom stereocenters. The van der Waals surface area contributed by atoms with Crippen LogP contribution in [0.25, 0.3) is 11.3 Å². The van der Waals surface area contributed by atoms with E-state index in [2.05, 4.69) is 15.7 Å². The fraction of sp³-hybridized carbons (Fsp3) is 0.211. The molecule has 2 heterocycles. The molecule has 0 saturated carbocycles. The molecule has 1 aliphatic rings. The van der Waals surface area contributed by atoms with Crippen molar-refractivity contribution in [3.8, 4) is 28.5 Å². The minimum atomic E-state index is -0.0635. The summed E-state index contributed by atoms with van der Waals surface area (Å²) in [5.74, 6) is 2.91. The van der Waals surface area contributed by atoms with Gasteiger partial charge in [-0.15, -0.1) is 0 Å². The van der Waals surface area contributed by atoms with Crippen LogP contribution in [0.3, 0.4) is 0 Å². The summed E-state index contributed by atoms with van der Waals surface area (Å²) in [6, 6.07) is 13.3. The lowest BCUT2D eigenvalue weighted by Gasteiger charge is -2.14. The third-order valence-corrected chi connectivity index (χ3v) is 5.51. The molecule has 0 bridgehead atoms. The summed E-state index contributed by atoms with van der Waals surface area (Å²) in [4.78, 5) is 0. The molecule has 1 aromatic heterocycles. The SMILES string of the molecule is COc1ccc(N[C@H]2Nc3cc(-c4ccc(OC)c(OC)c4)nn3S2)cc1Cl. The first-order valence-electron chi connectivity index (χ1n) is 8.47. The van der Waals surface area contributed by atoms with Gasteiger partial charge in [0.15, 0.2) is 17.0 Å². The Kier molecular flexibility index (Phi) is 5.15. The van der Waals surface area contributed by atoms with Crippen LogP contribution in [0, 0.1) is 0 Å². The fourth-order valence-electron chi connectivity index (χ4n) is 2.91. The van der Waals surface area contributed by atoms with E-state index < -0.39 is 0 Å². The lowest BCUT2D eigenvalue weighted by molar-refractivity contribution is 0.355. The Morgan fingerprint density at radius 3 is 2.43 bits per heavy atom. The lowest BCUT2D eigenvalue weighted by atomic mass is 10.1. The Balaban J connectivity index is 1.48. The van der Waals surface area contributed by atoms with E-state index in [1.807, 2.05) is 46.6 Å². The number of benzene rings is 2. The van der Waals surface area contributed by atoms with E-state index in [0.29, 0.717) is 22.3 Å². The molecule has 0 radical (unpaired) electrons. The molecule has 4 rings (SSSR count). The Labute approximate surface area is 172 Å². The second-order valence-corrected chi connectivity index (χ2v) is 7.42. The molecule has 0 fully saturated rings. The average molecular weight is 419 g/mol. The smallest absolute Gasteiger partial charge is 0.168 e. The number of nitrogens with zero attached hydrogens (tertiary/aromatic N) is 2. The molecule has 146 valence electrons. The minimum absolute atomic E-state index is 0.0635. The number of rotatable bonds is 6. The fourth-order valence-corrected chi connectivity index (χ4v) is 4.08. The maximum absolute atomic E-state index is 6.19. The van der Waals surface area contributed by atoms with Crippen LogP contribution >= 0.6 is 23.5 Å².